The van der Waals surface area contributed by atoms with E-state index in [9.17, 15) is 4.79 Å². The number of morpholine rings is 1. The summed E-state index contributed by atoms with van der Waals surface area (Å²) in [5, 5.41) is 17.1. The molecule has 0 aliphatic carbocycles. The maximum atomic E-state index is 12.7. The Bertz CT molecular complexity index is 1620. The van der Waals surface area contributed by atoms with Crippen molar-refractivity contribution >= 4 is 22.6 Å². The molecule has 0 spiro atoms. The molecule has 1 fully saturated rings. The van der Waals surface area contributed by atoms with Crippen LogP contribution in [0.25, 0.3) is 33.5 Å². The number of H-pyrrole nitrogens is 2. The SMILES string of the molecule is N#Cc1ccc(-c2cc(CC(=O)Cc3ccc(-c4cc5c(N6CCOCC6)ncnc5[nH]4)cc3)[nH]n2)cn1. The number of aromatic amines is 2. The van der Waals surface area contributed by atoms with Crippen LogP contribution in [0.5, 0.6) is 0 Å². The predicted octanol–water partition coefficient (Wildman–Crippen LogP) is 3.47. The lowest BCUT2D eigenvalue weighted by Crippen LogP contribution is -2.36. The highest BCUT2D eigenvalue weighted by molar-refractivity contribution is 5.92. The van der Waals surface area contributed by atoms with Gasteiger partial charge in [0.25, 0.3) is 0 Å². The van der Waals surface area contributed by atoms with Crippen LogP contribution in [0.3, 0.4) is 0 Å². The molecule has 0 saturated carbocycles. The number of nitrogens with zero attached hydrogens (tertiary/aromatic N) is 6. The summed E-state index contributed by atoms with van der Waals surface area (Å²) in [4.78, 5) is 31.4. The molecular formula is C28H24N8O2. The Morgan fingerprint density at radius 2 is 1.82 bits per heavy atom. The number of anilines is 1. The van der Waals surface area contributed by atoms with Crippen molar-refractivity contribution in [3.8, 4) is 28.6 Å². The predicted molar refractivity (Wildman–Crippen MR) is 141 cm³/mol. The summed E-state index contributed by atoms with van der Waals surface area (Å²) in [5.74, 6) is 1.00. The Balaban J connectivity index is 1.12. The summed E-state index contributed by atoms with van der Waals surface area (Å²) in [6.45, 7) is 3.00. The molecule has 10 heteroatoms. The number of Topliss-reactive ketones (excluding diaryl/α,β-unsaturated/α-hetero) is 1. The highest BCUT2D eigenvalue weighted by Crippen LogP contribution is 2.29. The van der Waals surface area contributed by atoms with Gasteiger partial charge in [-0.05, 0) is 35.4 Å². The summed E-state index contributed by atoms with van der Waals surface area (Å²) in [6.07, 6.45) is 3.77. The number of carbonyl (C=O) groups excluding carboxylic acids is 1. The summed E-state index contributed by atoms with van der Waals surface area (Å²) < 4.78 is 5.47. The van der Waals surface area contributed by atoms with Gasteiger partial charge < -0.3 is 14.6 Å². The van der Waals surface area contributed by atoms with Gasteiger partial charge in [0.05, 0.1) is 24.3 Å². The molecule has 6 rings (SSSR count). The van der Waals surface area contributed by atoms with E-state index < -0.39 is 0 Å². The Morgan fingerprint density at radius 1 is 1.00 bits per heavy atom. The van der Waals surface area contributed by atoms with E-state index >= 15 is 0 Å². The van der Waals surface area contributed by atoms with Crippen LogP contribution >= 0.6 is 0 Å². The number of nitriles is 1. The maximum Gasteiger partial charge on any atom is 0.143 e. The first-order valence-corrected chi connectivity index (χ1v) is 12.3. The van der Waals surface area contributed by atoms with E-state index in [0.717, 1.165) is 58.0 Å². The average molecular weight is 505 g/mol. The topological polar surface area (TPSA) is 136 Å². The van der Waals surface area contributed by atoms with Gasteiger partial charge >= 0.3 is 0 Å². The molecule has 5 aromatic rings. The first-order valence-electron chi connectivity index (χ1n) is 12.3. The van der Waals surface area contributed by atoms with Gasteiger partial charge in [-0.1, -0.05) is 24.3 Å². The van der Waals surface area contributed by atoms with Crippen molar-refractivity contribution in [2.24, 2.45) is 0 Å². The third-order valence-electron chi connectivity index (χ3n) is 6.57. The van der Waals surface area contributed by atoms with Crippen LogP contribution in [0.4, 0.5) is 5.82 Å². The minimum Gasteiger partial charge on any atom is -0.378 e. The number of carbonyl (C=O) groups is 1. The second-order valence-electron chi connectivity index (χ2n) is 9.15. The van der Waals surface area contributed by atoms with E-state index in [2.05, 4.69) is 41.1 Å². The monoisotopic (exact) mass is 504 g/mol. The zero-order valence-electron chi connectivity index (χ0n) is 20.5. The molecule has 1 saturated heterocycles. The standard InChI is InChI=1S/C28H24N8O2/c29-15-21-6-5-20(16-30-21)26-13-22(34-35-26)12-23(37)11-18-1-3-19(4-2-18)25-14-24-27(33-25)31-17-32-28(24)36-7-9-38-10-8-36/h1-6,13-14,16-17H,7-12H2,(H,34,35)(H,31,32,33). The Hall–Kier alpha value is -4.88. The number of nitrogens with one attached hydrogen (secondary N) is 2. The first kappa shape index (κ1) is 23.5. The van der Waals surface area contributed by atoms with Crippen LogP contribution in [0.2, 0.25) is 0 Å². The molecule has 1 aromatic carbocycles. The van der Waals surface area contributed by atoms with Gasteiger partial charge in [0, 0.05) is 49.1 Å². The highest BCUT2D eigenvalue weighted by Gasteiger charge is 2.18. The van der Waals surface area contributed by atoms with Gasteiger partial charge in [0.1, 0.15) is 35.3 Å². The Kier molecular flexibility index (Phi) is 6.34. The third-order valence-corrected chi connectivity index (χ3v) is 6.57. The van der Waals surface area contributed by atoms with Gasteiger partial charge in [0.2, 0.25) is 0 Å². The van der Waals surface area contributed by atoms with Crippen LogP contribution in [0, 0.1) is 11.3 Å². The van der Waals surface area contributed by atoms with Crippen molar-refractivity contribution in [1.82, 2.24) is 30.1 Å². The fourth-order valence-electron chi connectivity index (χ4n) is 4.63. The first-order chi connectivity index (χ1) is 18.7. The molecule has 4 aromatic heterocycles. The van der Waals surface area contributed by atoms with Gasteiger partial charge in [-0.15, -0.1) is 0 Å². The molecule has 38 heavy (non-hydrogen) atoms. The zero-order valence-corrected chi connectivity index (χ0v) is 20.5. The number of ether oxygens (including phenoxy) is 1. The third kappa shape index (κ3) is 4.87. The number of aromatic nitrogens is 6. The fraction of sp³-hybridized carbons (Fsp3) is 0.214. The van der Waals surface area contributed by atoms with Crippen LogP contribution in [-0.2, 0) is 22.4 Å². The molecule has 0 bridgehead atoms. The number of ketones is 1. The molecule has 0 atom stereocenters. The number of rotatable bonds is 7. The Labute approximate surface area is 218 Å². The molecular weight excluding hydrogens is 480 g/mol. The molecule has 5 heterocycles. The number of hydrogen-bond acceptors (Lipinski definition) is 8. The van der Waals surface area contributed by atoms with Crippen molar-refractivity contribution in [2.75, 3.05) is 31.2 Å². The molecule has 1 aliphatic rings. The molecule has 1 aliphatic heterocycles. The van der Waals surface area contributed by atoms with Crippen molar-refractivity contribution < 1.29 is 9.53 Å². The molecule has 2 N–H and O–H groups in total. The smallest absolute Gasteiger partial charge is 0.143 e. The summed E-state index contributed by atoms with van der Waals surface area (Å²) in [6, 6.07) is 17.3. The minimum absolute atomic E-state index is 0.0851. The molecule has 188 valence electrons. The number of fused-ring (bicyclic) bond motifs is 1. The van der Waals surface area contributed by atoms with E-state index in [-0.39, 0.29) is 12.2 Å². The molecule has 0 amide bonds. The summed E-state index contributed by atoms with van der Waals surface area (Å²) in [5.41, 5.74) is 6.27. The van der Waals surface area contributed by atoms with Gasteiger partial charge in [-0.2, -0.15) is 10.4 Å². The van der Waals surface area contributed by atoms with Crippen molar-refractivity contribution in [3.05, 3.63) is 78.0 Å². The Morgan fingerprint density at radius 3 is 2.58 bits per heavy atom. The van der Waals surface area contributed by atoms with Crippen molar-refractivity contribution in [1.29, 1.82) is 5.26 Å². The second kappa shape index (κ2) is 10.2. The van der Waals surface area contributed by atoms with Crippen molar-refractivity contribution in [2.45, 2.75) is 12.8 Å². The van der Waals surface area contributed by atoms with E-state index in [0.29, 0.717) is 31.0 Å². The van der Waals surface area contributed by atoms with Crippen LogP contribution in [0.1, 0.15) is 17.0 Å². The van der Waals surface area contributed by atoms with Gasteiger partial charge in [-0.3, -0.25) is 9.89 Å². The average Bonchev–Trinajstić information content (AvgIpc) is 3.61. The maximum absolute atomic E-state index is 12.7. The second-order valence-corrected chi connectivity index (χ2v) is 9.15. The summed E-state index contributed by atoms with van der Waals surface area (Å²) >= 11 is 0. The van der Waals surface area contributed by atoms with E-state index in [1.165, 1.54) is 0 Å². The van der Waals surface area contributed by atoms with Crippen molar-refractivity contribution in [3.63, 3.8) is 0 Å². The van der Waals surface area contributed by atoms with E-state index in [4.69, 9.17) is 10.00 Å². The quantitative estimate of drug-likeness (QED) is 0.344. The van der Waals surface area contributed by atoms with E-state index in [1.807, 2.05) is 36.4 Å². The fourth-order valence-corrected chi connectivity index (χ4v) is 4.63. The number of pyridine rings is 1. The zero-order chi connectivity index (χ0) is 25.9. The lowest BCUT2D eigenvalue weighted by atomic mass is 10.0. The molecule has 0 radical (unpaired) electrons. The highest BCUT2D eigenvalue weighted by atomic mass is 16.5. The van der Waals surface area contributed by atoms with Crippen LogP contribution in [-0.4, -0.2) is 62.2 Å². The minimum atomic E-state index is 0.0851. The molecule has 10 nitrogen and oxygen atoms in total. The largest absolute Gasteiger partial charge is 0.378 e. The summed E-state index contributed by atoms with van der Waals surface area (Å²) in [7, 11) is 0. The number of hydrogen-bond donors (Lipinski definition) is 2. The van der Waals surface area contributed by atoms with Crippen LogP contribution in [0.15, 0.2) is 61.1 Å². The lowest BCUT2D eigenvalue weighted by Gasteiger charge is -2.27. The normalized spacial score (nSPS) is 13.5. The van der Waals surface area contributed by atoms with Gasteiger partial charge in [0.15, 0.2) is 0 Å². The van der Waals surface area contributed by atoms with Gasteiger partial charge in [-0.25, -0.2) is 15.0 Å². The molecule has 0 unspecified atom stereocenters. The number of benzene rings is 1. The lowest BCUT2D eigenvalue weighted by molar-refractivity contribution is -0.117. The van der Waals surface area contributed by atoms with E-state index in [1.54, 1.807) is 24.7 Å². The van der Waals surface area contributed by atoms with Crippen LogP contribution < -0.4 is 4.90 Å².